The number of rotatable bonds is 4. The van der Waals surface area contributed by atoms with Crippen LogP contribution in [0.3, 0.4) is 0 Å². The largest absolute Gasteiger partial charge is 0.489 e. The highest BCUT2D eigenvalue weighted by molar-refractivity contribution is 5.33. The molecular formula is C14H11NO3. The molecule has 0 fully saturated rings. The third-order valence-electron chi connectivity index (χ3n) is 2.41. The van der Waals surface area contributed by atoms with E-state index >= 15 is 0 Å². The quantitative estimate of drug-likeness (QED) is 0.610. The molecule has 0 bridgehead atoms. The lowest BCUT2D eigenvalue weighted by atomic mass is 10.2. The van der Waals surface area contributed by atoms with E-state index in [4.69, 9.17) is 11.7 Å². The Bertz CT molecular complexity index is 549. The molecule has 0 aromatic heterocycles. The monoisotopic (exact) mass is 241 g/mol. The first kappa shape index (κ1) is 12.1. The molecule has 90 valence electrons. The average Bonchev–Trinajstić information content (AvgIpc) is 2.37. The van der Waals surface area contributed by atoms with Gasteiger partial charge in [-0.15, -0.1) is 0 Å². The lowest BCUT2D eigenvalue weighted by molar-refractivity contribution is -0.384. The number of non-ortho nitro benzene ring substituents is 1. The van der Waals surface area contributed by atoms with Crippen LogP contribution in [0, 0.1) is 17.0 Å². The maximum Gasteiger partial charge on any atom is 0.269 e. The van der Waals surface area contributed by atoms with E-state index in [0.29, 0.717) is 17.9 Å². The zero-order valence-electron chi connectivity index (χ0n) is 9.58. The summed E-state index contributed by atoms with van der Waals surface area (Å²) in [5, 5.41) is 10.5. The fraction of sp³-hybridized carbons (Fsp3) is 0.0714. The standard InChI is InChI=1S/C14H11NO3/c1-11-3-2-4-14(9-11)18-10-12-5-7-13(8-6-12)15(16)17/h1-9H,10H2. The molecule has 0 aliphatic rings. The van der Waals surface area contributed by atoms with E-state index in [-0.39, 0.29) is 5.69 Å². The van der Waals surface area contributed by atoms with Crippen LogP contribution in [-0.2, 0) is 6.61 Å². The van der Waals surface area contributed by atoms with Crippen LogP contribution in [0.4, 0.5) is 5.69 Å². The predicted octanol–water partition coefficient (Wildman–Crippen LogP) is 3.23. The molecule has 0 saturated carbocycles. The van der Waals surface area contributed by atoms with E-state index in [9.17, 15) is 10.1 Å². The summed E-state index contributed by atoms with van der Waals surface area (Å²) in [6.45, 7) is 5.97. The highest BCUT2D eigenvalue weighted by Gasteiger charge is 2.04. The number of ether oxygens (including phenoxy) is 1. The topological polar surface area (TPSA) is 52.4 Å². The molecule has 0 unspecified atom stereocenters. The van der Waals surface area contributed by atoms with Crippen molar-refractivity contribution in [3.05, 3.63) is 76.7 Å². The van der Waals surface area contributed by atoms with Gasteiger partial charge in [-0.2, -0.15) is 0 Å². The fourth-order valence-electron chi connectivity index (χ4n) is 1.48. The minimum absolute atomic E-state index is 0.0719. The molecule has 4 heteroatoms. The van der Waals surface area contributed by atoms with E-state index in [0.717, 1.165) is 5.56 Å². The smallest absolute Gasteiger partial charge is 0.269 e. The Labute approximate surface area is 105 Å². The Morgan fingerprint density at radius 3 is 2.50 bits per heavy atom. The van der Waals surface area contributed by atoms with Crippen LogP contribution >= 0.6 is 0 Å². The van der Waals surface area contributed by atoms with E-state index < -0.39 is 4.92 Å². The van der Waals surface area contributed by atoms with Gasteiger partial charge in [-0.3, -0.25) is 10.1 Å². The molecule has 2 radical (unpaired) electrons. The summed E-state index contributed by atoms with van der Waals surface area (Å²) in [6.07, 6.45) is 0. The molecule has 0 spiro atoms. The Morgan fingerprint density at radius 2 is 1.89 bits per heavy atom. The Hall–Kier alpha value is -2.36. The summed E-state index contributed by atoms with van der Waals surface area (Å²) < 4.78 is 5.52. The van der Waals surface area contributed by atoms with Crippen LogP contribution in [-0.4, -0.2) is 4.92 Å². The zero-order valence-corrected chi connectivity index (χ0v) is 9.58. The molecule has 0 saturated heterocycles. The molecule has 0 atom stereocenters. The third-order valence-corrected chi connectivity index (χ3v) is 2.41. The van der Waals surface area contributed by atoms with Crippen LogP contribution in [0.2, 0.25) is 0 Å². The van der Waals surface area contributed by atoms with Crippen molar-refractivity contribution in [3.63, 3.8) is 0 Å². The van der Waals surface area contributed by atoms with E-state index in [1.165, 1.54) is 12.1 Å². The van der Waals surface area contributed by atoms with Gasteiger partial charge in [0.15, 0.2) is 0 Å². The first-order valence-electron chi connectivity index (χ1n) is 5.37. The summed E-state index contributed by atoms with van der Waals surface area (Å²) in [5.41, 5.74) is 1.57. The molecule has 0 heterocycles. The van der Waals surface area contributed by atoms with Gasteiger partial charge in [0.05, 0.1) is 4.92 Å². The van der Waals surface area contributed by atoms with Gasteiger partial charge >= 0.3 is 0 Å². The highest BCUT2D eigenvalue weighted by atomic mass is 16.6. The van der Waals surface area contributed by atoms with Crippen molar-refractivity contribution < 1.29 is 9.66 Å². The fourth-order valence-corrected chi connectivity index (χ4v) is 1.48. The third kappa shape index (κ3) is 3.07. The van der Waals surface area contributed by atoms with E-state index in [1.54, 1.807) is 30.3 Å². The summed E-state index contributed by atoms with van der Waals surface area (Å²) in [7, 11) is 0. The van der Waals surface area contributed by atoms with Gasteiger partial charge in [0, 0.05) is 12.1 Å². The van der Waals surface area contributed by atoms with E-state index in [2.05, 4.69) is 0 Å². The maximum absolute atomic E-state index is 10.5. The van der Waals surface area contributed by atoms with Gasteiger partial charge in [-0.1, -0.05) is 12.1 Å². The average molecular weight is 241 g/mol. The SMILES string of the molecule is [CH]c1cccc(OCc2ccc([N+](=O)[O-])cc2)c1. The molecule has 0 aliphatic heterocycles. The predicted molar refractivity (Wildman–Crippen MR) is 67.3 cm³/mol. The minimum atomic E-state index is -0.428. The molecular weight excluding hydrogens is 230 g/mol. The highest BCUT2D eigenvalue weighted by Crippen LogP contribution is 2.16. The van der Waals surface area contributed by atoms with Crippen LogP contribution in [0.15, 0.2) is 48.5 Å². The van der Waals surface area contributed by atoms with Crippen LogP contribution in [0.1, 0.15) is 11.1 Å². The van der Waals surface area contributed by atoms with Crippen LogP contribution in [0.25, 0.3) is 0 Å². The lowest BCUT2D eigenvalue weighted by Crippen LogP contribution is -1.96. The second kappa shape index (κ2) is 5.31. The zero-order chi connectivity index (χ0) is 13.0. The first-order chi connectivity index (χ1) is 8.65. The summed E-state index contributed by atoms with van der Waals surface area (Å²) in [5.74, 6) is 0.674. The minimum Gasteiger partial charge on any atom is -0.489 e. The molecule has 4 nitrogen and oxygen atoms in total. The van der Waals surface area contributed by atoms with Crippen molar-refractivity contribution in [3.8, 4) is 5.75 Å². The van der Waals surface area contributed by atoms with E-state index in [1.807, 2.05) is 6.07 Å². The first-order valence-corrected chi connectivity index (χ1v) is 5.37. The van der Waals surface area contributed by atoms with Crippen molar-refractivity contribution in [1.29, 1.82) is 0 Å². The summed E-state index contributed by atoms with van der Waals surface area (Å²) in [6, 6.07) is 13.4. The van der Waals surface area contributed by atoms with Crippen molar-refractivity contribution in [1.82, 2.24) is 0 Å². The number of nitro benzene ring substituents is 1. The second-order valence-corrected chi connectivity index (χ2v) is 3.78. The molecule has 2 aromatic carbocycles. The molecule has 18 heavy (non-hydrogen) atoms. The molecule has 0 aliphatic carbocycles. The van der Waals surface area contributed by atoms with Crippen LogP contribution in [0.5, 0.6) is 5.75 Å². The van der Waals surface area contributed by atoms with Crippen molar-refractivity contribution in [2.24, 2.45) is 0 Å². The Kier molecular flexibility index (Phi) is 3.57. The molecule has 0 N–H and O–H groups in total. The van der Waals surface area contributed by atoms with Gasteiger partial charge in [0.25, 0.3) is 5.69 Å². The van der Waals surface area contributed by atoms with Gasteiger partial charge < -0.3 is 4.74 Å². The van der Waals surface area contributed by atoms with Crippen molar-refractivity contribution in [2.75, 3.05) is 0 Å². The number of benzene rings is 2. The number of hydrogen-bond acceptors (Lipinski definition) is 3. The van der Waals surface area contributed by atoms with Crippen molar-refractivity contribution >= 4 is 5.69 Å². The lowest BCUT2D eigenvalue weighted by Gasteiger charge is -2.06. The van der Waals surface area contributed by atoms with Gasteiger partial charge in [0.2, 0.25) is 0 Å². The Morgan fingerprint density at radius 1 is 1.17 bits per heavy atom. The second-order valence-electron chi connectivity index (χ2n) is 3.78. The number of nitrogens with zero attached hydrogens (tertiary/aromatic N) is 1. The molecule has 0 amide bonds. The summed E-state index contributed by atoms with van der Waals surface area (Å²) in [4.78, 5) is 10.1. The molecule has 2 rings (SSSR count). The maximum atomic E-state index is 10.5. The molecule has 2 aromatic rings. The van der Waals surface area contributed by atoms with Gasteiger partial charge in [-0.05, 0) is 42.3 Å². The van der Waals surface area contributed by atoms with Gasteiger partial charge in [0.1, 0.15) is 12.4 Å². The number of nitro groups is 1. The number of hydrogen-bond donors (Lipinski definition) is 0. The normalized spacial score (nSPS) is 10.1. The van der Waals surface area contributed by atoms with Crippen LogP contribution < -0.4 is 4.74 Å². The summed E-state index contributed by atoms with van der Waals surface area (Å²) >= 11 is 0. The van der Waals surface area contributed by atoms with Gasteiger partial charge in [-0.25, -0.2) is 0 Å². The van der Waals surface area contributed by atoms with Crippen molar-refractivity contribution in [2.45, 2.75) is 6.61 Å². The Balaban J connectivity index is 2.00.